The maximum absolute atomic E-state index is 13.0. The highest BCUT2D eigenvalue weighted by molar-refractivity contribution is 7.86. The zero-order valence-corrected chi connectivity index (χ0v) is 15.2. The van der Waals surface area contributed by atoms with Gasteiger partial charge in [0.2, 0.25) is 0 Å². The molecule has 1 aromatic rings. The van der Waals surface area contributed by atoms with E-state index < -0.39 is 10.2 Å². The average Bonchev–Trinajstić information content (AvgIpc) is 3.06. The van der Waals surface area contributed by atoms with Gasteiger partial charge in [0.05, 0.1) is 30.6 Å². The van der Waals surface area contributed by atoms with Crippen molar-refractivity contribution in [2.45, 2.75) is 25.4 Å². The molecule has 24 heavy (non-hydrogen) atoms. The van der Waals surface area contributed by atoms with Crippen LogP contribution < -0.4 is 0 Å². The number of pyridine rings is 1. The third kappa shape index (κ3) is 3.78. The summed E-state index contributed by atoms with van der Waals surface area (Å²) in [6.07, 6.45) is 1.69. The molecule has 3 heterocycles. The van der Waals surface area contributed by atoms with Crippen molar-refractivity contribution in [1.29, 1.82) is 0 Å². The van der Waals surface area contributed by atoms with Crippen LogP contribution in [0.25, 0.3) is 0 Å². The molecule has 3 rings (SSSR count). The molecule has 134 valence electrons. The third-order valence-electron chi connectivity index (χ3n) is 4.44. The normalized spacial score (nSPS) is 23.9. The molecule has 0 bridgehead atoms. The summed E-state index contributed by atoms with van der Waals surface area (Å²) in [5.41, 5.74) is 1.82. The molecule has 2 aliphatic rings. The highest BCUT2D eigenvalue weighted by atomic mass is 32.2. The molecule has 8 heteroatoms. The highest BCUT2D eigenvalue weighted by Gasteiger charge is 2.39. The molecule has 0 saturated carbocycles. The largest absolute Gasteiger partial charge is 0.379 e. The van der Waals surface area contributed by atoms with Gasteiger partial charge in [-0.3, -0.25) is 4.98 Å². The van der Waals surface area contributed by atoms with Gasteiger partial charge in [-0.1, -0.05) is 6.07 Å². The first-order valence-electron chi connectivity index (χ1n) is 8.44. The fourth-order valence-corrected chi connectivity index (χ4v) is 5.14. The minimum Gasteiger partial charge on any atom is -0.379 e. The Balaban J connectivity index is 1.82. The second kappa shape index (κ2) is 7.45. The lowest BCUT2D eigenvalue weighted by Crippen LogP contribution is -2.48. The van der Waals surface area contributed by atoms with E-state index in [0.29, 0.717) is 32.8 Å². The topological polar surface area (TPSA) is 66.0 Å². The van der Waals surface area contributed by atoms with Gasteiger partial charge in [-0.25, -0.2) is 0 Å². The first-order valence-corrected chi connectivity index (χ1v) is 9.83. The molecule has 0 aliphatic carbocycles. The predicted molar refractivity (Wildman–Crippen MR) is 91.6 cm³/mol. The maximum atomic E-state index is 13.0. The average molecular weight is 354 g/mol. The summed E-state index contributed by atoms with van der Waals surface area (Å²) in [6.45, 7) is 3.10. The predicted octanol–water partition coefficient (Wildman–Crippen LogP) is 0.857. The van der Waals surface area contributed by atoms with E-state index in [1.165, 1.54) is 0 Å². The highest BCUT2D eigenvalue weighted by Crippen LogP contribution is 2.34. The second-order valence-corrected chi connectivity index (χ2v) is 8.46. The number of hydrogen-bond donors (Lipinski definition) is 0. The number of rotatable bonds is 5. The Morgan fingerprint density at radius 3 is 2.71 bits per heavy atom. The van der Waals surface area contributed by atoms with E-state index in [0.717, 1.165) is 30.8 Å². The molecular formula is C16H26N4O3S. The number of hydrogen-bond acceptors (Lipinski definition) is 5. The van der Waals surface area contributed by atoms with Gasteiger partial charge in [0.25, 0.3) is 10.2 Å². The summed E-state index contributed by atoms with van der Waals surface area (Å²) in [5.74, 6) is 0. The quantitative estimate of drug-likeness (QED) is 0.785. The molecule has 0 amide bonds. The molecule has 1 aromatic heterocycles. The van der Waals surface area contributed by atoms with Gasteiger partial charge >= 0.3 is 0 Å². The SMILES string of the molecule is CN(C)Cc1cccc(C2CCCN2S(=O)(=O)N2CCOCC2)n1. The van der Waals surface area contributed by atoms with Crippen LogP contribution in [0, 0.1) is 0 Å². The van der Waals surface area contributed by atoms with Crippen LogP contribution in [0.4, 0.5) is 0 Å². The molecule has 2 fully saturated rings. The molecule has 1 unspecified atom stereocenters. The lowest BCUT2D eigenvalue weighted by molar-refractivity contribution is 0.0698. The summed E-state index contributed by atoms with van der Waals surface area (Å²) >= 11 is 0. The minimum atomic E-state index is -3.46. The third-order valence-corrected chi connectivity index (χ3v) is 6.49. The van der Waals surface area contributed by atoms with Crippen molar-refractivity contribution in [1.82, 2.24) is 18.5 Å². The Labute approximate surface area is 144 Å². The van der Waals surface area contributed by atoms with Crippen molar-refractivity contribution in [2.24, 2.45) is 0 Å². The Morgan fingerprint density at radius 2 is 2.00 bits per heavy atom. The molecular weight excluding hydrogens is 328 g/mol. The van der Waals surface area contributed by atoms with Crippen LogP contribution in [0.3, 0.4) is 0 Å². The van der Waals surface area contributed by atoms with E-state index >= 15 is 0 Å². The molecule has 2 aliphatic heterocycles. The van der Waals surface area contributed by atoms with Gasteiger partial charge in [-0.15, -0.1) is 0 Å². The van der Waals surface area contributed by atoms with Crippen LogP contribution in [-0.2, 0) is 21.5 Å². The second-order valence-electron chi connectivity index (χ2n) is 6.58. The van der Waals surface area contributed by atoms with E-state index in [1.807, 2.05) is 32.3 Å². The number of aromatic nitrogens is 1. The van der Waals surface area contributed by atoms with Gasteiger partial charge in [0.1, 0.15) is 0 Å². The van der Waals surface area contributed by atoms with Gasteiger partial charge in [-0.05, 0) is 39.1 Å². The van der Waals surface area contributed by atoms with E-state index in [9.17, 15) is 8.42 Å². The summed E-state index contributed by atoms with van der Waals surface area (Å²) in [5, 5.41) is 0. The Bertz CT molecular complexity index is 659. The first-order chi connectivity index (χ1) is 11.5. The van der Waals surface area contributed by atoms with Gasteiger partial charge in [-0.2, -0.15) is 17.0 Å². The number of ether oxygens (including phenoxy) is 1. The van der Waals surface area contributed by atoms with Crippen LogP contribution >= 0.6 is 0 Å². The summed E-state index contributed by atoms with van der Waals surface area (Å²) in [7, 11) is 0.540. The van der Waals surface area contributed by atoms with Crippen molar-refractivity contribution in [3.8, 4) is 0 Å². The maximum Gasteiger partial charge on any atom is 0.282 e. The molecule has 0 N–H and O–H groups in total. The molecule has 0 radical (unpaired) electrons. The minimum absolute atomic E-state index is 0.167. The Kier molecular flexibility index (Phi) is 5.51. The van der Waals surface area contributed by atoms with Crippen molar-refractivity contribution in [3.63, 3.8) is 0 Å². The summed E-state index contributed by atoms with van der Waals surface area (Å²) in [6, 6.07) is 5.73. The molecule has 2 saturated heterocycles. The lowest BCUT2D eigenvalue weighted by atomic mass is 10.1. The van der Waals surface area contributed by atoms with Crippen molar-refractivity contribution in [2.75, 3.05) is 46.9 Å². The van der Waals surface area contributed by atoms with Crippen molar-refractivity contribution in [3.05, 3.63) is 29.6 Å². The lowest BCUT2D eigenvalue weighted by Gasteiger charge is -2.32. The molecule has 0 spiro atoms. The Morgan fingerprint density at radius 1 is 1.25 bits per heavy atom. The fourth-order valence-electron chi connectivity index (χ4n) is 3.33. The van der Waals surface area contributed by atoms with E-state index in [4.69, 9.17) is 9.72 Å². The van der Waals surface area contributed by atoms with Crippen LogP contribution in [0.1, 0.15) is 30.3 Å². The van der Waals surface area contributed by atoms with Crippen molar-refractivity contribution >= 4 is 10.2 Å². The van der Waals surface area contributed by atoms with Crippen LogP contribution in [0.15, 0.2) is 18.2 Å². The van der Waals surface area contributed by atoms with Crippen LogP contribution in [-0.4, -0.2) is 73.9 Å². The molecule has 7 nitrogen and oxygen atoms in total. The first kappa shape index (κ1) is 17.8. The zero-order chi connectivity index (χ0) is 17.2. The standard InChI is InChI=1S/C16H26N4O3S/c1-18(2)13-14-5-3-6-15(17-14)16-7-4-8-20(16)24(21,22)19-9-11-23-12-10-19/h3,5-6,16H,4,7-13H2,1-2H3. The van der Waals surface area contributed by atoms with E-state index in [1.54, 1.807) is 8.61 Å². The van der Waals surface area contributed by atoms with Crippen LogP contribution in [0.5, 0.6) is 0 Å². The van der Waals surface area contributed by atoms with E-state index in [-0.39, 0.29) is 6.04 Å². The van der Waals surface area contributed by atoms with Crippen LogP contribution in [0.2, 0.25) is 0 Å². The van der Waals surface area contributed by atoms with E-state index in [2.05, 4.69) is 4.90 Å². The monoisotopic (exact) mass is 354 g/mol. The van der Waals surface area contributed by atoms with Gasteiger partial charge in [0, 0.05) is 26.2 Å². The zero-order valence-electron chi connectivity index (χ0n) is 14.4. The summed E-state index contributed by atoms with van der Waals surface area (Å²) < 4.78 is 34.4. The molecule has 0 aromatic carbocycles. The smallest absolute Gasteiger partial charge is 0.282 e. The fraction of sp³-hybridized carbons (Fsp3) is 0.688. The van der Waals surface area contributed by atoms with Crippen molar-refractivity contribution < 1.29 is 13.2 Å². The summed E-state index contributed by atoms with van der Waals surface area (Å²) in [4.78, 5) is 6.77. The van der Waals surface area contributed by atoms with Gasteiger partial charge < -0.3 is 9.64 Å². The Hall–Kier alpha value is -1.06. The van der Waals surface area contributed by atoms with Gasteiger partial charge in [0.15, 0.2) is 0 Å². The number of nitrogens with zero attached hydrogens (tertiary/aromatic N) is 4. The molecule has 1 atom stereocenters. The number of morpholine rings is 1.